The van der Waals surface area contributed by atoms with Gasteiger partial charge < -0.3 is 14.8 Å². The van der Waals surface area contributed by atoms with E-state index in [2.05, 4.69) is 20.3 Å². The van der Waals surface area contributed by atoms with E-state index in [1.54, 1.807) is 19.1 Å². The Morgan fingerprint density at radius 2 is 1.77 bits per heavy atom. The van der Waals surface area contributed by atoms with Crippen molar-refractivity contribution in [1.82, 2.24) is 19.5 Å². The van der Waals surface area contributed by atoms with Crippen LogP contribution in [0.1, 0.15) is 5.56 Å². The van der Waals surface area contributed by atoms with Crippen molar-refractivity contribution in [2.24, 2.45) is 7.05 Å². The van der Waals surface area contributed by atoms with Crippen LogP contribution >= 0.6 is 23.2 Å². The van der Waals surface area contributed by atoms with E-state index in [1.807, 2.05) is 0 Å². The van der Waals surface area contributed by atoms with Crippen LogP contribution < -0.4 is 20.3 Å². The third-order valence-electron chi connectivity index (χ3n) is 5.30. The number of aromatic nitrogens is 4. The number of fused-ring (bicyclic) bond motifs is 1. The molecule has 4 rings (SSSR count). The zero-order chi connectivity index (χ0) is 25.4. The molecule has 0 fully saturated rings. The van der Waals surface area contributed by atoms with E-state index in [9.17, 15) is 14.9 Å². The van der Waals surface area contributed by atoms with Crippen LogP contribution in [0, 0.1) is 17.0 Å². The molecule has 1 N–H and O–H groups in total. The number of ether oxygens (including phenoxy) is 2. The number of nitrogens with one attached hydrogen (secondary N) is 1. The molecule has 35 heavy (non-hydrogen) atoms. The summed E-state index contributed by atoms with van der Waals surface area (Å²) in [6, 6.07) is 6.18. The minimum Gasteiger partial charge on any atom is -0.495 e. The normalized spacial score (nSPS) is 10.9. The minimum absolute atomic E-state index is 0.0500. The summed E-state index contributed by atoms with van der Waals surface area (Å²) in [4.78, 5) is 37.2. The van der Waals surface area contributed by atoms with Crippen molar-refractivity contribution in [2.45, 2.75) is 6.92 Å². The molecule has 0 aliphatic heterocycles. The number of nitro groups is 1. The second-order valence-corrected chi connectivity index (χ2v) is 8.12. The topological polar surface area (TPSA) is 134 Å². The van der Waals surface area contributed by atoms with Gasteiger partial charge in [0.25, 0.3) is 11.2 Å². The summed E-state index contributed by atoms with van der Waals surface area (Å²) in [6.45, 7) is 1.72. The van der Waals surface area contributed by atoms with Gasteiger partial charge in [0.05, 0.1) is 40.9 Å². The molecule has 2 heterocycles. The first kappa shape index (κ1) is 24.2. The van der Waals surface area contributed by atoms with Crippen LogP contribution in [0.15, 0.2) is 35.3 Å². The molecule has 0 bridgehead atoms. The number of rotatable bonds is 6. The number of benzene rings is 2. The van der Waals surface area contributed by atoms with Crippen molar-refractivity contribution in [1.29, 1.82) is 0 Å². The van der Waals surface area contributed by atoms with Gasteiger partial charge in [0, 0.05) is 19.2 Å². The zero-order valence-corrected chi connectivity index (χ0v) is 20.4. The van der Waals surface area contributed by atoms with E-state index in [4.69, 9.17) is 32.7 Å². The SMILES string of the molecule is COc1cc(OC)c(Cl)c(-c2nc3cnc(Nc4c(C)cccc4[N+](=O)[O-])nc3n(C)c2=O)c1Cl. The van der Waals surface area contributed by atoms with Gasteiger partial charge in [-0.1, -0.05) is 35.3 Å². The maximum atomic E-state index is 13.3. The van der Waals surface area contributed by atoms with Crippen LogP contribution in [0.3, 0.4) is 0 Å². The lowest BCUT2D eigenvalue weighted by molar-refractivity contribution is -0.384. The Morgan fingerprint density at radius 1 is 1.11 bits per heavy atom. The van der Waals surface area contributed by atoms with Crippen LogP contribution in [-0.4, -0.2) is 38.7 Å². The van der Waals surface area contributed by atoms with Crippen molar-refractivity contribution in [3.05, 3.63) is 66.5 Å². The molecule has 11 nitrogen and oxygen atoms in total. The molecule has 0 atom stereocenters. The highest BCUT2D eigenvalue weighted by Gasteiger charge is 2.24. The fourth-order valence-corrected chi connectivity index (χ4v) is 4.19. The first-order valence-electron chi connectivity index (χ1n) is 10.0. The quantitative estimate of drug-likeness (QED) is 0.286. The van der Waals surface area contributed by atoms with Crippen molar-refractivity contribution in [2.75, 3.05) is 19.5 Å². The Balaban J connectivity index is 1.88. The second-order valence-electron chi connectivity index (χ2n) is 7.36. The van der Waals surface area contributed by atoms with Gasteiger partial charge in [0.2, 0.25) is 5.95 Å². The molecule has 0 saturated carbocycles. The Bertz CT molecular complexity index is 1530. The predicted octanol–water partition coefficient (Wildman–Crippen LogP) is 4.67. The fourth-order valence-electron chi connectivity index (χ4n) is 3.51. The van der Waals surface area contributed by atoms with Crippen LogP contribution in [0.2, 0.25) is 10.0 Å². The third kappa shape index (κ3) is 4.19. The summed E-state index contributed by atoms with van der Waals surface area (Å²) in [5.74, 6) is 0.559. The van der Waals surface area contributed by atoms with E-state index in [0.717, 1.165) is 0 Å². The molecule has 0 aliphatic carbocycles. The number of hydrogen-bond acceptors (Lipinski definition) is 9. The van der Waals surface area contributed by atoms with Gasteiger partial charge in [-0.2, -0.15) is 4.98 Å². The standard InChI is InChI=1S/C22H18Cl2N6O5/c1-10-6-5-7-12(30(32)33)18(10)27-22-25-9-11-20(28-22)29(2)21(31)19(26-11)15-16(23)13(34-3)8-14(35-4)17(15)24/h5-9H,1-4H3,(H,25,27,28). The molecule has 0 spiro atoms. The van der Waals surface area contributed by atoms with Crippen molar-refractivity contribution in [3.63, 3.8) is 0 Å². The van der Waals surface area contributed by atoms with Gasteiger partial charge in [-0.15, -0.1) is 0 Å². The zero-order valence-electron chi connectivity index (χ0n) is 18.9. The summed E-state index contributed by atoms with van der Waals surface area (Å²) in [7, 11) is 4.35. The lowest BCUT2D eigenvalue weighted by atomic mass is 10.1. The number of para-hydroxylation sites is 1. The number of nitrogens with zero attached hydrogens (tertiary/aromatic N) is 5. The summed E-state index contributed by atoms with van der Waals surface area (Å²) < 4.78 is 11.8. The molecule has 0 amide bonds. The van der Waals surface area contributed by atoms with Gasteiger partial charge in [-0.05, 0) is 12.5 Å². The van der Waals surface area contributed by atoms with Gasteiger partial charge >= 0.3 is 0 Å². The summed E-state index contributed by atoms with van der Waals surface area (Å²) in [6.07, 6.45) is 1.39. The molecule has 13 heteroatoms. The van der Waals surface area contributed by atoms with Crippen molar-refractivity contribution < 1.29 is 14.4 Å². The Morgan fingerprint density at radius 3 is 2.37 bits per heavy atom. The molecule has 2 aromatic heterocycles. The summed E-state index contributed by atoms with van der Waals surface area (Å²) in [5.41, 5.74) is 0.747. The molecule has 0 radical (unpaired) electrons. The Labute approximate surface area is 208 Å². The summed E-state index contributed by atoms with van der Waals surface area (Å²) >= 11 is 12.9. The third-order valence-corrected chi connectivity index (χ3v) is 6.05. The largest absolute Gasteiger partial charge is 0.495 e. The molecule has 0 aliphatic rings. The number of anilines is 2. The van der Waals surface area contributed by atoms with E-state index in [0.29, 0.717) is 5.56 Å². The molecular formula is C22H18Cl2N6O5. The summed E-state index contributed by atoms with van der Waals surface area (Å²) in [5, 5.41) is 14.5. The van der Waals surface area contributed by atoms with Crippen LogP contribution in [0.25, 0.3) is 22.4 Å². The number of methoxy groups -OCH3 is 2. The molecule has 180 valence electrons. The number of hydrogen-bond donors (Lipinski definition) is 1. The first-order valence-corrected chi connectivity index (χ1v) is 10.8. The lowest BCUT2D eigenvalue weighted by Gasteiger charge is -2.15. The van der Waals surface area contributed by atoms with Crippen LogP contribution in [0.4, 0.5) is 17.3 Å². The minimum atomic E-state index is -0.539. The van der Waals surface area contributed by atoms with Crippen molar-refractivity contribution in [3.8, 4) is 22.8 Å². The van der Waals surface area contributed by atoms with Crippen LogP contribution in [-0.2, 0) is 7.05 Å². The van der Waals surface area contributed by atoms with Gasteiger partial charge in [0.15, 0.2) is 5.65 Å². The van der Waals surface area contributed by atoms with E-state index in [1.165, 1.54) is 44.2 Å². The molecule has 2 aromatic carbocycles. The number of nitro benzene ring substituents is 1. The predicted molar refractivity (Wildman–Crippen MR) is 132 cm³/mol. The van der Waals surface area contributed by atoms with E-state index < -0.39 is 10.5 Å². The lowest BCUT2D eigenvalue weighted by Crippen LogP contribution is -2.22. The Hall–Kier alpha value is -3.96. The van der Waals surface area contributed by atoms with Gasteiger partial charge in [-0.3, -0.25) is 19.5 Å². The van der Waals surface area contributed by atoms with Gasteiger partial charge in [0.1, 0.15) is 28.4 Å². The average Bonchev–Trinajstić information content (AvgIpc) is 2.83. The van der Waals surface area contributed by atoms with Crippen molar-refractivity contribution >= 4 is 51.7 Å². The van der Waals surface area contributed by atoms with E-state index >= 15 is 0 Å². The average molecular weight is 517 g/mol. The smallest absolute Gasteiger partial charge is 0.293 e. The maximum absolute atomic E-state index is 13.3. The second kappa shape index (κ2) is 9.35. The van der Waals surface area contributed by atoms with Gasteiger partial charge in [-0.25, -0.2) is 9.97 Å². The molecular weight excluding hydrogens is 499 g/mol. The fraction of sp³-hybridized carbons (Fsp3) is 0.182. The highest BCUT2D eigenvalue weighted by molar-refractivity contribution is 6.41. The molecule has 4 aromatic rings. The highest BCUT2D eigenvalue weighted by atomic mass is 35.5. The highest BCUT2D eigenvalue weighted by Crippen LogP contribution is 2.44. The molecule has 0 saturated heterocycles. The van der Waals surface area contributed by atoms with Crippen LogP contribution in [0.5, 0.6) is 11.5 Å². The number of halogens is 2. The van der Waals surface area contributed by atoms with E-state index in [-0.39, 0.29) is 61.3 Å². The number of aryl methyl sites for hydroxylation is 2. The monoisotopic (exact) mass is 516 g/mol. The first-order chi connectivity index (χ1) is 16.7. The molecule has 0 unspecified atom stereocenters. The Kier molecular flexibility index (Phi) is 6.46. The maximum Gasteiger partial charge on any atom is 0.293 e.